The fraction of sp³-hybridized carbons (Fsp3) is 0.278. The number of anilines is 1. The number of methoxy groups -OCH3 is 2. The smallest absolute Gasteiger partial charge is 0.269 e. The minimum atomic E-state index is -0.404. The number of hydrogen-bond acceptors (Lipinski definition) is 8. The third kappa shape index (κ3) is 2.98. The van der Waals surface area contributed by atoms with Gasteiger partial charge in [-0.05, 0) is 28.5 Å². The van der Waals surface area contributed by atoms with Crippen molar-refractivity contribution in [3.05, 3.63) is 63.7 Å². The van der Waals surface area contributed by atoms with Crippen molar-refractivity contribution in [2.75, 3.05) is 19.5 Å². The van der Waals surface area contributed by atoms with E-state index >= 15 is 0 Å². The number of para-hydroxylation sites is 1. The van der Waals surface area contributed by atoms with Crippen molar-refractivity contribution in [3.8, 4) is 11.5 Å². The first kappa shape index (κ1) is 17.7. The Morgan fingerprint density at radius 3 is 2.79 bits per heavy atom. The Morgan fingerprint density at radius 1 is 1.21 bits per heavy atom. The molecule has 0 amide bonds. The molecule has 4 rings (SSSR count). The first-order valence-corrected chi connectivity index (χ1v) is 8.62. The first-order chi connectivity index (χ1) is 13.6. The van der Waals surface area contributed by atoms with Gasteiger partial charge in [-0.3, -0.25) is 10.1 Å². The van der Waals surface area contributed by atoms with Crippen LogP contribution in [-0.2, 0) is 0 Å². The van der Waals surface area contributed by atoms with Crippen molar-refractivity contribution in [2.24, 2.45) is 0 Å². The number of aromatic nitrogens is 4. The van der Waals surface area contributed by atoms with Gasteiger partial charge in [0.2, 0.25) is 5.95 Å². The molecule has 0 unspecified atom stereocenters. The van der Waals surface area contributed by atoms with Gasteiger partial charge in [0.25, 0.3) is 5.69 Å². The minimum Gasteiger partial charge on any atom is -0.493 e. The molecule has 10 heteroatoms. The predicted octanol–water partition coefficient (Wildman–Crippen LogP) is 2.74. The molecule has 2 aromatic carbocycles. The highest BCUT2D eigenvalue weighted by Gasteiger charge is 2.33. The number of nitrogens with zero attached hydrogens (tertiary/aromatic N) is 5. The lowest BCUT2D eigenvalue weighted by Gasteiger charge is -2.31. The summed E-state index contributed by atoms with van der Waals surface area (Å²) >= 11 is 0. The highest BCUT2D eigenvalue weighted by Crippen LogP contribution is 2.43. The second-order valence-electron chi connectivity index (χ2n) is 6.33. The molecule has 0 saturated carbocycles. The summed E-state index contributed by atoms with van der Waals surface area (Å²) in [7, 11) is 3.17. The molecular formula is C18H18N6O4. The van der Waals surface area contributed by atoms with E-state index in [-0.39, 0.29) is 17.8 Å². The van der Waals surface area contributed by atoms with Crippen LogP contribution in [0.25, 0.3) is 0 Å². The summed E-state index contributed by atoms with van der Waals surface area (Å²) in [6.45, 7) is 0. The van der Waals surface area contributed by atoms with Gasteiger partial charge in [-0.2, -0.15) is 0 Å². The number of hydrogen-bond donors (Lipinski definition) is 1. The van der Waals surface area contributed by atoms with Crippen molar-refractivity contribution < 1.29 is 14.4 Å². The number of tetrazole rings is 1. The summed E-state index contributed by atoms with van der Waals surface area (Å²) in [6.07, 6.45) is 0.572. The minimum absolute atomic E-state index is 0.0416. The quantitative estimate of drug-likeness (QED) is 0.529. The zero-order chi connectivity index (χ0) is 19.7. The van der Waals surface area contributed by atoms with E-state index in [1.807, 2.05) is 24.3 Å². The number of rotatable bonds is 5. The van der Waals surface area contributed by atoms with Gasteiger partial charge in [0, 0.05) is 17.7 Å². The van der Waals surface area contributed by atoms with E-state index in [0.29, 0.717) is 23.9 Å². The van der Waals surface area contributed by atoms with Crippen LogP contribution >= 0.6 is 0 Å². The average Bonchev–Trinajstić information content (AvgIpc) is 3.21. The topological polar surface area (TPSA) is 117 Å². The maximum absolute atomic E-state index is 11.2. The second-order valence-corrected chi connectivity index (χ2v) is 6.33. The van der Waals surface area contributed by atoms with Crippen LogP contribution in [0.15, 0.2) is 42.5 Å². The zero-order valence-electron chi connectivity index (χ0n) is 15.3. The molecule has 1 aliphatic heterocycles. The summed E-state index contributed by atoms with van der Waals surface area (Å²) in [6, 6.07) is 11.8. The zero-order valence-corrected chi connectivity index (χ0v) is 15.3. The van der Waals surface area contributed by atoms with Gasteiger partial charge in [0.05, 0.1) is 31.2 Å². The van der Waals surface area contributed by atoms with Gasteiger partial charge in [-0.15, -0.1) is 0 Å². The van der Waals surface area contributed by atoms with Crippen molar-refractivity contribution in [1.82, 2.24) is 20.2 Å². The van der Waals surface area contributed by atoms with E-state index in [2.05, 4.69) is 20.8 Å². The molecule has 0 radical (unpaired) electrons. The maximum atomic E-state index is 11.2. The van der Waals surface area contributed by atoms with Gasteiger partial charge in [0.15, 0.2) is 11.5 Å². The Kier molecular flexibility index (Phi) is 4.52. The fourth-order valence-electron chi connectivity index (χ4n) is 3.54. The number of benzene rings is 2. The predicted molar refractivity (Wildman–Crippen MR) is 99.6 cm³/mol. The number of nitro groups is 1. The maximum Gasteiger partial charge on any atom is 0.269 e. The lowest BCUT2D eigenvalue weighted by molar-refractivity contribution is -0.384. The van der Waals surface area contributed by atoms with E-state index < -0.39 is 4.92 Å². The molecule has 1 aromatic heterocycles. The SMILES string of the molecule is COc1cccc([C@@H]2C[C@H](c3cccc([N+](=O)[O-])c3)Nc3nnnn32)c1OC. The van der Waals surface area contributed by atoms with Crippen LogP contribution < -0.4 is 14.8 Å². The van der Waals surface area contributed by atoms with Gasteiger partial charge < -0.3 is 14.8 Å². The largest absolute Gasteiger partial charge is 0.493 e. The highest BCUT2D eigenvalue weighted by atomic mass is 16.6. The summed E-state index contributed by atoms with van der Waals surface area (Å²) in [4.78, 5) is 10.7. The van der Waals surface area contributed by atoms with E-state index in [1.54, 1.807) is 31.0 Å². The van der Waals surface area contributed by atoms with Gasteiger partial charge in [-0.25, -0.2) is 4.68 Å². The summed E-state index contributed by atoms with van der Waals surface area (Å²) in [5.74, 6) is 1.70. The summed E-state index contributed by atoms with van der Waals surface area (Å²) < 4.78 is 12.7. The number of fused-ring (bicyclic) bond motifs is 1. The molecule has 28 heavy (non-hydrogen) atoms. The van der Waals surface area contributed by atoms with Crippen LogP contribution in [0.4, 0.5) is 11.6 Å². The molecule has 0 saturated heterocycles. The number of non-ortho nitro benzene ring substituents is 1. The van der Waals surface area contributed by atoms with E-state index in [0.717, 1.165) is 11.1 Å². The Labute approximate surface area is 160 Å². The van der Waals surface area contributed by atoms with Crippen LogP contribution in [0, 0.1) is 10.1 Å². The molecule has 1 aliphatic rings. The van der Waals surface area contributed by atoms with Crippen molar-refractivity contribution in [2.45, 2.75) is 18.5 Å². The molecule has 0 bridgehead atoms. The molecular weight excluding hydrogens is 364 g/mol. The molecule has 0 fully saturated rings. The van der Waals surface area contributed by atoms with E-state index in [4.69, 9.17) is 9.47 Å². The molecule has 144 valence electrons. The van der Waals surface area contributed by atoms with Crippen LogP contribution in [0.1, 0.15) is 29.6 Å². The second kappa shape index (κ2) is 7.14. The summed E-state index contributed by atoms with van der Waals surface area (Å²) in [5.41, 5.74) is 1.70. The van der Waals surface area contributed by atoms with E-state index in [1.165, 1.54) is 6.07 Å². The molecule has 3 aromatic rings. The Balaban J connectivity index is 1.78. The molecule has 2 heterocycles. The Morgan fingerprint density at radius 2 is 2.04 bits per heavy atom. The van der Waals surface area contributed by atoms with Crippen LogP contribution in [-0.4, -0.2) is 39.4 Å². The average molecular weight is 382 g/mol. The standard InChI is InChI=1S/C18H18N6O4/c1-27-16-8-4-7-13(17(16)28-2)15-10-14(19-18-20-21-22-23(15)18)11-5-3-6-12(9-11)24(25)26/h3-9,14-15H,10H2,1-2H3,(H,19,20,22)/t14-,15+/m1/s1. The van der Waals surface area contributed by atoms with Crippen molar-refractivity contribution >= 4 is 11.6 Å². The Bertz CT molecular complexity index is 1020. The lowest BCUT2D eigenvalue weighted by Crippen LogP contribution is -2.28. The fourth-order valence-corrected chi connectivity index (χ4v) is 3.54. The Hall–Kier alpha value is -3.69. The van der Waals surface area contributed by atoms with Crippen molar-refractivity contribution in [3.63, 3.8) is 0 Å². The third-order valence-corrected chi connectivity index (χ3v) is 4.83. The van der Waals surface area contributed by atoms with Crippen molar-refractivity contribution in [1.29, 1.82) is 0 Å². The number of nitrogens with one attached hydrogen (secondary N) is 1. The summed E-state index contributed by atoms with van der Waals surface area (Å²) in [5, 5.41) is 26.3. The molecule has 10 nitrogen and oxygen atoms in total. The van der Waals surface area contributed by atoms with Crippen LogP contribution in [0.5, 0.6) is 11.5 Å². The van der Waals surface area contributed by atoms with E-state index in [9.17, 15) is 10.1 Å². The highest BCUT2D eigenvalue weighted by molar-refractivity contribution is 5.50. The monoisotopic (exact) mass is 382 g/mol. The van der Waals surface area contributed by atoms with Crippen LogP contribution in [0.2, 0.25) is 0 Å². The number of ether oxygens (including phenoxy) is 2. The number of nitro benzene ring substituents is 1. The normalized spacial score (nSPS) is 18.1. The van der Waals surface area contributed by atoms with Gasteiger partial charge >= 0.3 is 0 Å². The van der Waals surface area contributed by atoms with Crippen LogP contribution in [0.3, 0.4) is 0 Å². The molecule has 1 N–H and O–H groups in total. The molecule has 0 spiro atoms. The molecule has 0 aliphatic carbocycles. The van der Waals surface area contributed by atoms with Gasteiger partial charge in [-0.1, -0.05) is 29.4 Å². The lowest BCUT2D eigenvalue weighted by atomic mass is 9.92. The van der Waals surface area contributed by atoms with Gasteiger partial charge in [0.1, 0.15) is 0 Å². The molecule has 2 atom stereocenters. The first-order valence-electron chi connectivity index (χ1n) is 8.62. The third-order valence-electron chi connectivity index (χ3n) is 4.83.